The average Bonchev–Trinajstić information content (AvgIpc) is 2.85. The molecule has 0 aliphatic carbocycles. The van der Waals surface area contributed by atoms with Gasteiger partial charge < -0.3 is 14.8 Å². The topological polar surface area (TPSA) is 88.0 Å². The molecule has 0 aliphatic heterocycles. The van der Waals surface area contributed by atoms with Gasteiger partial charge in [-0.1, -0.05) is 11.2 Å². The molecule has 0 fully saturated rings. The Bertz CT molecular complexity index is 893. The van der Waals surface area contributed by atoms with Crippen molar-refractivity contribution in [2.24, 2.45) is 0 Å². The summed E-state index contributed by atoms with van der Waals surface area (Å²) in [6.45, 7) is 3.58. The first-order chi connectivity index (χ1) is 10.0. The van der Waals surface area contributed by atoms with Crippen molar-refractivity contribution in [3.8, 4) is 0 Å². The number of aromatic amines is 1. The number of amides is 1. The van der Waals surface area contributed by atoms with E-state index in [1.54, 1.807) is 31.2 Å². The number of carbonyl (C=O) groups excluding carboxylic acids is 1. The summed E-state index contributed by atoms with van der Waals surface area (Å²) >= 11 is 0. The van der Waals surface area contributed by atoms with E-state index in [2.05, 4.69) is 15.5 Å². The lowest BCUT2D eigenvalue weighted by molar-refractivity contribution is 0.101. The Morgan fingerprint density at radius 1 is 1.24 bits per heavy atom. The summed E-state index contributed by atoms with van der Waals surface area (Å²) in [6.07, 6.45) is 0. The molecular formula is C15H13N3O3. The van der Waals surface area contributed by atoms with E-state index < -0.39 is 0 Å². The predicted octanol–water partition coefficient (Wildman–Crippen LogP) is 2.39. The van der Waals surface area contributed by atoms with E-state index in [9.17, 15) is 9.59 Å². The number of nitrogens with one attached hydrogen (secondary N) is 2. The van der Waals surface area contributed by atoms with Crippen molar-refractivity contribution in [1.29, 1.82) is 0 Å². The summed E-state index contributed by atoms with van der Waals surface area (Å²) in [5.74, 6) is 0.208. The molecule has 6 nitrogen and oxygen atoms in total. The normalized spacial score (nSPS) is 10.8. The maximum atomic E-state index is 12.0. The number of aromatic nitrogens is 2. The fourth-order valence-corrected chi connectivity index (χ4v) is 2.18. The fraction of sp³-hybridized carbons (Fsp3) is 0.133. The van der Waals surface area contributed by atoms with E-state index in [0.717, 1.165) is 10.9 Å². The van der Waals surface area contributed by atoms with Gasteiger partial charge in [0.05, 0.1) is 5.52 Å². The van der Waals surface area contributed by atoms with Crippen LogP contribution in [-0.4, -0.2) is 16.0 Å². The summed E-state index contributed by atoms with van der Waals surface area (Å²) in [5.41, 5.74) is 2.18. The Kier molecular flexibility index (Phi) is 3.06. The molecule has 0 aliphatic rings. The highest BCUT2D eigenvalue weighted by atomic mass is 16.5. The number of fused-ring (bicyclic) bond motifs is 1. The van der Waals surface area contributed by atoms with Gasteiger partial charge in [-0.05, 0) is 31.5 Å². The van der Waals surface area contributed by atoms with Crippen LogP contribution < -0.4 is 10.9 Å². The number of pyridine rings is 1. The van der Waals surface area contributed by atoms with Crippen molar-refractivity contribution in [1.82, 2.24) is 10.1 Å². The molecule has 2 heterocycles. The van der Waals surface area contributed by atoms with Gasteiger partial charge in [0.1, 0.15) is 5.76 Å². The molecule has 6 heteroatoms. The number of rotatable bonds is 2. The Balaban J connectivity index is 1.94. The van der Waals surface area contributed by atoms with Gasteiger partial charge in [-0.3, -0.25) is 9.59 Å². The molecule has 0 radical (unpaired) electrons. The highest BCUT2D eigenvalue weighted by Gasteiger charge is 2.11. The molecule has 0 saturated carbocycles. The summed E-state index contributed by atoms with van der Waals surface area (Å²) in [5, 5.41) is 7.31. The molecule has 0 bridgehead atoms. The summed E-state index contributed by atoms with van der Waals surface area (Å²) in [6, 6.07) is 8.44. The van der Waals surface area contributed by atoms with Gasteiger partial charge in [-0.2, -0.15) is 0 Å². The number of nitrogens with zero attached hydrogens (tertiary/aromatic N) is 1. The van der Waals surface area contributed by atoms with E-state index >= 15 is 0 Å². The maximum Gasteiger partial charge on any atom is 0.277 e. The van der Waals surface area contributed by atoms with Gasteiger partial charge in [0.25, 0.3) is 5.91 Å². The number of anilines is 1. The minimum atomic E-state index is -0.360. The third-order valence-electron chi connectivity index (χ3n) is 3.17. The van der Waals surface area contributed by atoms with E-state index in [-0.39, 0.29) is 17.2 Å². The lowest BCUT2D eigenvalue weighted by atomic mass is 10.1. The van der Waals surface area contributed by atoms with Crippen molar-refractivity contribution in [3.63, 3.8) is 0 Å². The number of H-pyrrole nitrogens is 1. The summed E-state index contributed by atoms with van der Waals surface area (Å²) in [4.78, 5) is 26.2. The average molecular weight is 283 g/mol. The Morgan fingerprint density at radius 2 is 2.05 bits per heavy atom. The van der Waals surface area contributed by atoms with Crippen molar-refractivity contribution in [2.75, 3.05) is 5.32 Å². The molecule has 2 aromatic heterocycles. The van der Waals surface area contributed by atoms with Crippen LogP contribution in [-0.2, 0) is 0 Å². The fourth-order valence-electron chi connectivity index (χ4n) is 2.18. The minimum absolute atomic E-state index is 0.171. The van der Waals surface area contributed by atoms with E-state index in [4.69, 9.17) is 4.52 Å². The SMILES string of the molecule is Cc1cc(C(=O)Nc2ccc3c(C)cc(=O)[nH]c3c2)no1. The maximum absolute atomic E-state index is 12.0. The molecular weight excluding hydrogens is 270 g/mol. The zero-order chi connectivity index (χ0) is 15.0. The van der Waals surface area contributed by atoms with Gasteiger partial charge in [0, 0.05) is 23.2 Å². The van der Waals surface area contributed by atoms with E-state index in [1.807, 2.05) is 13.0 Å². The molecule has 1 aromatic carbocycles. The van der Waals surface area contributed by atoms with Crippen LogP contribution in [0.15, 0.2) is 39.6 Å². The first kappa shape index (κ1) is 13.1. The number of carbonyl (C=O) groups is 1. The van der Waals surface area contributed by atoms with Crippen LogP contribution >= 0.6 is 0 Å². The third-order valence-corrected chi connectivity index (χ3v) is 3.17. The van der Waals surface area contributed by atoms with Crippen molar-refractivity contribution >= 4 is 22.5 Å². The van der Waals surface area contributed by atoms with Crippen LogP contribution in [0.2, 0.25) is 0 Å². The summed E-state index contributed by atoms with van der Waals surface area (Å²) in [7, 11) is 0. The van der Waals surface area contributed by atoms with E-state index in [1.165, 1.54) is 0 Å². The second-order valence-corrected chi connectivity index (χ2v) is 4.85. The van der Waals surface area contributed by atoms with Gasteiger partial charge in [0.2, 0.25) is 5.56 Å². The van der Waals surface area contributed by atoms with Gasteiger partial charge in [-0.25, -0.2) is 0 Å². The Morgan fingerprint density at radius 3 is 2.76 bits per heavy atom. The Hall–Kier alpha value is -2.89. The molecule has 0 atom stereocenters. The highest BCUT2D eigenvalue weighted by molar-refractivity contribution is 6.03. The molecule has 0 spiro atoms. The lowest BCUT2D eigenvalue weighted by Crippen LogP contribution is -2.12. The number of aryl methyl sites for hydroxylation is 2. The van der Waals surface area contributed by atoms with Crippen LogP contribution in [0.25, 0.3) is 10.9 Å². The number of benzene rings is 1. The molecule has 0 unspecified atom stereocenters. The number of hydrogen-bond donors (Lipinski definition) is 2. The number of hydrogen-bond acceptors (Lipinski definition) is 4. The molecule has 3 aromatic rings. The van der Waals surface area contributed by atoms with Crippen LogP contribution in [0.1, 0.15) is 21.8 Å². The zero-order valence-corrected chi connectivity index (χ0v) is 11.6. The standard InChI is InChI=1S/C15H13N3O3/c1-8-5-14(19)17-12-7-10(3-4-11(8)12)16-15(20)13-6-9(2)21-18-13/h3-7H,1-2H3,(H,16,20)(H,17,19). The molecule has 0 saturated heterocycles. The van der Waals surface area contributed by atoms with Gasteiger partial charge in [0.15, 0.2) is 5.69 Å². The smallest absolute Gasteiger partial charge is 0.277 e. The van der Waals surface area contributed by atoms with Crippen LogP contribution in [0.5, 0.6) is 0 Å². The van der Waals surface area contributed by atoms with Gasteiger partial charge >= 0.3 is 0 Å². The van der Waals surface area contributed by atoms with Gasteiger partial charge in [-0.15, -0.1) is 0 Å². The highest BCUT2D eigenvalue weighted by Crippen LogP contribution is 2.19. The largest absolute Gasteiger partial charge is 0.361 e. The van der Waals surface area contributed by atoms with Crippen LogP contribution in [0, 0.1) is 13.8 Å². The van der Waals surface area contributed by atoms with Crippen molar-refractivity contribution in [2.45, 2.75) is 13.8 Å². The molecule has 1 amide bonds. The Labute approximate surface area is 119 Å². The first-order valence-corrected chi connectivity index (χ1v) is 6.41. The predicted molar refractivity (Wildman–Crippen MR) is 78.5 cm³/mol. The summed E-state index contributed by atoms with van der Waals surface area (Å²) < 4.78 is 4.87. The van der Waals surface area contributed by atoms with Crippen LogP contribution in [0.3, 0.4) is 0 Å². The second-order valence-electron chi connectivity index (χ2n) is 4.85. The zero-order valence-electron chi connectivity index (χ0n) is 11.6. The minimum Gasteiger partial charge on any atom is -0.361 e. The monoisotopic (exact) mass is 283 g/mol. The van der Waals surface area contributed by atoms with Crippen molar-refractivity contribution in [3.05, 3.63) is 57.7 Å². The first-order valence-electron chi connectivity index (χ1n) is 6.41. The quantitative estimate of drug-likeness (QED) is 0.755. The lowest BCUT2D eigenvalue weighted by Gasteiger charge is -2.06. The molecule has 106 valence electrons. The molecule has 2 N–H and O–H groups in total. The van der Waals surface area contributed by atoms with E-state index in [0.29, 0.717) is 17.0 Å². The second kappa shape index (κ2) is 4.90. The molecule has 3 rings (SSSR count). The van der Waals surface area contributed by atoms with Crippen molar-refractivity contribution < 1.29 is 9.32 Å². The third kappa shape index (κ3) is 2.55. The molecule has 21 heavy (non-hydrogen) atoms. The van der Waals surface area contributed by atoms with Crippen LogP contribution in [0.4, 0.5) is 5.69 Å².